The molecule has 0 aliphatic carbocycles. The molecule has 3 rings (SSSR count). The third kappa shape index (κ3) is 2.67. The molecular formula is C16H13F2N3O. The molecule has 4 nitrogen and oxygen atoms in total. The number of carbonyl (C=O) groups excluding carboxylic acids is 1. The normalized spacial score (nSPS) is 10.9. The lowest BCUT2D eigenvalue weighted by atomic mass is 10.2. The van der Waals surface area contributed by atoms with Gasteiger partial charge in [0, 0.05) is 18.0 Å². The number of hydrogen-bond donors (Lipinski definition) is 1. The highest BCUT2D eigenvalue weighted by atomic mass is 19.2. The third-order valence-corrected chi connectivity index (χ3v) is 3.34. The molecule has 2 aromatic heterocycles. The van der Waals surface area contributed by atoms with Crippen molar-refractivity contribution < 1.29 is 13.6 Å². The van der Waals surface area contributed by atoms with Gasteiger partial charge in [-0.2, -0.15) is 0 Å². The second kappa shape index (κ2) is 5.55. The predicted molar refractivity (Wildman–Crippen MR) is 77.5 cm³/mol. The smallest absolute Gasteiger partial charge is 0.251 e. The van der Waals surface area contributed by atoms with Gasteiger partial charge in [-0.3, -0.25) is 4.79 Å². The molecule has 0 spiro atoms. The summed E-state index contributed by atoms with van der Waals surface area (Å²) in [5.41, 5.74) is 2.60. The Balaban J connectivity index is 1.74. The van der Waals surface area contributed by atoms with Crippen molar-refractivity contribution in [3.63, 3.8) is 0 Å². The first-order chi connectivity index (χ1) is 10.5. The summed E-state index contributed by atoms with van der Waals surface area (Å²) < 4.78 is 27.8. The van der Waals surface area contributed by atoms with Crippen molar-refractivity contribution >= 4 is 11.6 Å². The van der Waals surface area contributed by atoms with E-state index >= 15 is 0 Å². The summed E-state index contributed by atoms with van der Waals surface area (Å²) >= 11 is 0. The topological polar surface area (TPSA) is 46.4 Å². The Morgan fingerprint density at radius 1 is 1.27 bits per heavy atom. The van der Waals surface area contributed by atoms with Gasteiger partial charge in [0.1, 0.15) is 5.65 Å². The summed E-state index contributed by atoms with van der Waals surface area (Å²) in [7, 11) is 0. The number of amides is 1. The molecular weight excluding hydrogens is 288 g/mol. The number of imidazole rings is 1. The number of carbonyl (C=O) groups is 1. The van der Waals surface area contributed by atoms with E-state index in [1.165, 1.54) is 6.07 Å². The van der Waals surface area contributed by atoms with Gasteiger partial charge in [-0.15, -0.1) is 0 Å². The monoisotopic (exact) mass is 301 g/mol. The lowest BCUT2D eigenvalue weighted by molar-refractivity contribution is 0.0950. The van der Waals surface area contributed by atoms with Crippen LogP contribution < -0.4 is 5.32 Å². The largest absolute Gasteiger partial charge is 0.346 e. The van der Waals surface area contributed by atoms with Crippen molar-refractivity contribution in [1.82, 2.24) is 14.7 Å². The molecule has 112 valence electrons. The average Bonchev–Trinajstić information content (AvgIpc) is 2.92. The number of rotatable bonds is 3. The van der Waals surface area contributed by atoms with Gasteiger partial charge in [-0.05, 0) is 36.8 Å². The van der Waals surface area contributed by atoms with Crippen LogP contribution in [0, 0.1) is 18.6 Å². The number of benzene rings is 1. The summed E-state index contributed by atoms with van der Waals surface area (Å²) in [4.78, 5) is 16.4. The van der Waals surface area contributed by atoms with Crippen molar-refractivity contribution in [2.45, 2.75) is 13.5 Å². The Labute approximate surface area is 125 Å². The molecule has 0 radical (unpaired) electrons. The molecule has 0 saturated heterocycles. The minimum absolute atomic E-state index is 0.0684. The van der Waals surface area contributed by atoms with Crippen LogP contribution in [0.25, 0.3) is 5.65 Å². The Morgan fingerprint density at radius 3 is 2.82 bits per heavy atom. The van der Waals surface area contributed by atoms with Gasteiger partial charge in [0.15, 0.2) is 11.6 Å². The summed E-state index contributed by atoms with van der Waals surface area (Å²) in [6.07, 6.45) is 3.68. The van der Waals surface area contributed by atoms with Gasteiger partial charge >= 0.3 is 0 Å². The third-order valence-electron chi connectivity index (χ3n) is 3.34. The van der Waals surface area contributed by atoms with Gasteiger partial charge in [-0.25, -0.2) is 13.8 Å². The van der Waals surface area contributed by atoms with Gasteiger partial charge < -0.3 is 9.72 Å². The Morgan fingerprint density at radius 2 is 2.09 bits per heavy atom. The van der Waals surface area contributed by atoms with Gasteiger partial charge in [0.2, 0.25) is 0 Å². The molecule has 0 atom stereocenters. The molecule has 2 heterocycles. The van der Waals surface area contributed by atoms with Crippen molar-refractivity contribution in [2.24, 2.45) is 0 Å². The highest BCUT2D eigenvalue weighted by Gasteiger charge is 2.10. The summed E-state index contributed by atoms with van der Waals surface area (Å²) in [5, 5.41) is 2.64. The van der Waals surface area contributed by atoms with E-state index in [9.17, 15) is 13.6 Å². The number of hydrogen-bond acceptors (Lipinski definition) is 2. The number of nitrogens with one attached hydrogen (secondary N) is 1. The maximum Gasteiger partial charge on any atom is 0.251 e. The highest BCUT2D eigenvalue weighted by molar-refractivity contribution is 5.94. The zero-order chi connectivity index (χ0) is 15.7. The molecule has 0 aliphatic heterocycles. The van der Waals surface area contributed by atoms with Gasteiger partial charge in [0.25, 0.3) is 5.91 Å². The van der Waals surface area contributed by atoms with Crippen LogP contribution in [0.15, 0.2) is 42.7 Å². The predicted octanol–water partition coefficient (Wildman–Crippen LogP) is 2.85. The fourth-order valence-corrected chi connectivity index (χ4v) is 2.20. The van der Waals surface area contributed by atoms with E-state index in [4.69, 9.17) is 0 Å². The molecule has 0 unspecified atom stereocenters. The van der Waals surface area contributed by atoms with Crippen LogP contribution in [-0.2, 0) is 6.54 Å². The zero-order valence-electron chi connectivity index (χ0n) is 11.8. The fraction of sp³-hybridized carbons (Fsp3) is 0.125. The molecule has 6 heteroatoms. The Bertz CT molecular complexity index is 858. The Kier molecular flexibility index (Phi) is 3.58. The number of pyridine rings is 1. The summed E-state index contributed by atoms with van der Waals surface area (Å²) in [5.74, 6) is -2.50. The van der Waals surface area contributed by atoms with Crippen LogP contribution in [0.1, 0.15) is 21.6 Å². The lowest BCUT2D eigenvalue weighted by Crippen LogP contribution is -2.23. The van der Waals surface area contributed by atoms with Crippen LogP contribution in [0.4, 0.5) is 8.78 Å². The SMILES string of the molecule is Cc1cccn2cc(CNC(=O)c3ccc(F)c(F)c3)nc12. The van der Waals surface area contributed by atoms with Crippen LogP contribution in [0.3, 0.4) is 0 Å². The molecule has 0 aliphatic rings. The number of nitrogens with zero attached hydrogens (tertiary/aromatic N) is 2. The maximum absolute atomic E-state index is 13.1. The van der Waals surface area contributed by atoms with Gasteiger partial charge in [0.05, 0.1) is 12.2 Å². The zero-order valence-corrected chi connectivity index (χ0v) is 11.8. The lowest BCUT2D eigenvalue weighted by Gasteiger charge is -2.03. The van der Waals surface area contributed by atoms with Crippen molar-refractivity contribution in [3.8, 4) is 0 Å². The highest BCUT2D eigenvalue weighted by Crippen LogP contribution is 2.11. The number of halogens is 2. The van der Waals surface area contributed by atoms with E-state index in [0.29, 0.717) is 5.69 Å². The summed E-state index contributed by atoms with van der Waals surface area (Å²) in [6.45, 7) is 2.16. The van der Waals surface area contributed by atoms with E-state index in [2.05, 4.69) is 10.3 Å². The second-order valence-electron chi connectivity index (χ2n) is 4.97. The fourth-order valence-electron chi connectivity index (χ4n) is 2.20. The first-order valence-electron chi connectivity index (χ1n) is 6.71. The Hall–Kier alpha value is -2.76. The second-order valence-corrected chi connectivity index (χ2v) is 4.97. The van der Waals surface area contributed by atoms with Crippen molar-refractivity contribution in [1.29, 1.82) is 0 Å². The maximum atomic E-state index is 13.1. The van der Waals surface area contributed by atoms with Crippen LogP contribution in [-0.4, -0.2) is 15.3 Å². The van der Waals surface area contributed by atoms with E-state index < -0.39 is 17.5 Å². The molecule has 1 N–H and O–H groups in total. The molecule has 1 amide bonds. The number of aromatic nitrogens is 2. The van der Waals surface area contributed by atoms with E-state index in [0.717, 1.165) is 23.3 Å². The van der Waals surface area contributed by atoms with Crippen molar-refractivity contribution in [2.75, 3.05) is 0 Å². The quantitative estimate of drug-likeness (QED) is 0.808. The number of aryl methyl sites for hydroxylation is 1. The molecule has 0 fully saturated rings. The minimum Gasteiger partial charge on any atom is -0.346 e. The van der Waals surface area contributed by atoms with E-state index in [1.807, 2.05) is 35.9 Å². The van der Waals surface area contributed by atoms with Crippen LogP contribution in [0.2, 0.25) is 0 Å². The van der Waals surface area contributed by atoms with Crippen LogP contribution in [0.5, 0.6) is 0 Å². The van der Waals surface area contributed by atoms with Gasteiger partial charge in [-0.1, -0.05) is 6.07 Å². The molecule has 3 aromatic rings. The van der Waals surface area contributed by atoms with Crippen LogP contribution >= 0.6 is 0 Å². The molecule has 0 saturated carbocycles. The minimum atomic E-state index is -1.05. The summed E-state index contributed by atoms with van der Waals surface area (Å²) in [6, 6.07) is 6.90. The number of fused-ring (bicyclic) bond motifs is 1. The first-order valence-corrected chi connectivity index (χ1v) is 6.71. The standard InChI is InChI=1S/C16H13F2N3O/c1-10-3-2-6-21-9-12(20-15(10)21)8-19-16(22)11-4-5-13(17)14(18)7-11/h2-7,9H,8H2,1H3,(H,19,22). The van der Waals surface area contributed by atoms with Crippen molar-refractivity contribution in [3.05, 3.63) is 71.2 Å². The first kappa shape index (κ1) is 14.2. The van der Waals surface area contributed by atoms with E-state index in [1.54, 1.807) is 0 Å². The average molecular weight is 301 g/mol. The molecule has 22 heavy (non-hydrogen) atoms. The molecule has 1 aromatic carbocycles. The van der Waals surface area contributed by atoms with E-state index in [-0.39, 0.29) is 12.1 Å². The molecule has 0 bridgehead atoms.